The van der Waals surface area contributed by atoms with Gasteiger partial charge in [0.2, 0.25) is 5.91 Å². The van der Waals surface area contributed by atoms with Crippen molar-refractivity contribution >= 4 is 22.4 Å². The number of anilines is 1. The highest BCUT2D eigenvalue weighted by molar-refractivity contribution is 5.95. The number of nitrogens with zero attached hydrogens (tertiary/aromatic N) is 1. The van der Waals surface area contributed by atoms with Crippen LogP contribution in [0.5, 0.6) is 0 Å². The van der Waals surface area contributed by atoms with Gasteiger partial charge in [-0.25, -0.2) is 5.10 Å². The van der Waals surface area contributed by atoms with E-state index in [1.807, 2.05) is 42.5 Å². The average molecular weight is 380 g/mol. The largest absolute Gasteiger partial charge is 0.395 e. The second-order valence-corrected chi connectivity index (χ2v) is 6.51. The molecule has 0 radical (unpaired) electrons. The molecular weight excluding hydrogens is 356 g/mol. The Hall–Kier alpha value is -3.03. The van der Waals surface area contributed by atoms with Gasteiger partial charge in [-0.1, -0.05) is 30.3 Å². The maximum Gasteiger partial charge on any atom is 0.272 e. The number of benzene rings is 2. The first-order chi connectivity index (χ1) is 13.7. The number of H-pyrrole nitrogens is 1. The van der Waals surface area contributed by atoms with Gasteiger partial charge in [0, 0.05) is 29.6 Å². The molecule has 3 aromatic rings. The molecule has 0 atom stereocenters. The SMILES string of the molecule is O=C(CCCCNCCO)Nc1cccc(-c2n[nH]c(=O)c3ccccc23)c1. The highest BCUT2D eigenvalue weighted by atomic mass is 16.3. The van der Waals surface area contributed by atoms with Crippen LogP contribution in [-0.4, -0.2) is 40.9 Å². The summed E-state index contributed by atoms with van der Waals surface area (Å²) < 4.78 is 0. The van der Waals surface area contributed by atoms with E-state index < -0.39 is 0 Å². The standard InChI is InChI=1S/C21H24N4O3/c26-13-12-22-11-4-3-10-19(27)23-16-7-5-6-15(14-16)20-17-8-1-2-9-18(17)21(28)25-24-20/h1-2,5-9,14,22,26H,3-4,10-13H2,(H,23,27)(H,25,28). The number of aliphatic hydroxyl groups excluding tert-OH is 1. The lowest BCUT2D eigenvalue weighted by atomic mass is 10.0. The second kappa shape index (κ2) is 9.77. The molecule has 0 spiro atoms. The fourth-order valence-electron chi connectivity index (χ4n) is 3.04. The fraction of sp³-hybridized carbons (Fsp3) is 0.286. The predicted molar refractivity (Wildman–Crippen MR) is 110 cm³/mol. The number of amides is 1. The molecule has 1 aromatic heterocycles. The van der Waals surface area contributed by atoms with Crippen molar-refractivity contribution in [2.24, 2.45) is 0 Å². The van der Waals surface area contributed by atoms with Crippen LogP contribution in [0.25, 0.3) is 22.0 Å². The average Bonchev–Trinajstić information content (AvgIpc) is 2.71. The smallest absolute Gasteiger partial charge is 0.272 e. The maximum absolute atomic E-state index is 12.2. The third-order valence-electron chi connectivity index (χ3n) is 4.41. The van der Waals surface area contributed by atoms with E-state index in [-0.39, 0.29) is 18.1 Å². The van der Waals surface area contributed by atoms with E-state index in [0.717, 1.165) is 30.3 Å². The minimum Gasteiger partial charge on any atom is -0.395 e. The number of fused-ring (bicyclic) bond motifs is 1. The molecule has 0 aliphatic heterocycles. The fourth-order valence-corrected chi connectivity index (χ4v) is 3.04. The molecule has 7 nitrogen and oxygen atoms in total. The maximum atomic E-state index is 12.2. The van der Waals surface area contributed by atoms with Gasteiger partial charge in [0.05, 0.1) is 17.7 Å². The predicted octanol–water partition coefficient (Wildman–Crippen LogP) is 2.28. The Bertz CT molecular complexity index is 1000. The van der Waals surface area contributed by atoms with Crippen molar-refractivity contribution in [3.8, 4) is 11.3 Å². The zero-order chi connectivity index (χ0) is 19.8. The topological polar surface area (TPSA) is 107 Å². The number of hydrogen-bond donors (Lipinski definition) is 4. The first-order valence-corrected chi connectivity index (χ1v) is 9.38. The summed E-state index contributed by atoms with van der Waals surface area (Å²) in [5.41, 5.74) is 1.95. The number of unbranched alkanes of at least 4 members (excludes halogenated alkanes) is 1. The molecule has 146 valence electrons. The summed E-state index contributed by atoms with van der Waals surface area (Å²) in [6, 6.07) is 14.8. The Morgan fingerprint density at radius 2 is 1.86 bits per heavy atom. The molecule has 7 heteroatoms. The van der Waals surface area contributed by atoms with Crippen molar-refractivity contribution in [3.63, 3.8) is 0 Å². The lowest BCUT2D eigenvalue weighted by Crippen LogP contribution is -2.19. The van der Waals surface area contributed by atoms with Gasteiger partial charge in [-0.2, -0.15) is 5.10 Å². The van der Waals surface area contributed by atoms with E-state index in [1.54, 1.807) is 6.07 Å². The van der Waals surface area contributed by atoms with Gasteiger partial charge in [0.25, 0.3) is 5.56 Å². The molecule has 2 aromatic carbocycles. The molecule has 1 heterocycles. The molecule has 4 N–H and O–H groups in total. The first-order valence-electron chi connectivity index (χ1n) is 9.38. The van der Waals surface area contributed by atoms with Crippen molar-refractivity contribution < 1.29 is 9.90 Å². The number of aliphatic hydroxyl groups is 1. The third kappa shape index (κ3) is 5.03. The van der Waals surface area contributed by atoms with Gasteiger partial charge in [-0.15, -0.1) is 0 Å². The van der Waals surface area contributed by atoms with Crippen LogP contribution in [0.2, 0.25) is 0 Å². The van der Waals surface area contributed by atoms with Gasteiger partial charge in [0.1, 0.15) is 0 Å². The Morgan fingerprint density at radius 3 is 2.68 bits per heavy atom. The first kappa shape index (κ1) is 19.7. The number of carbonyl (C=O) groups is 1. The minimum absolute atomic E-state index is 0.0430. The Balaban J connectivity index is 1.67. The van der Waals surface area contributed by atoms with Crippen molar-refractivity contribution in [1.82, 2.24) is 15.5 Å². The van der Waals surface area contributed by atoms with Crippen molar-refractivity contribution in [3.05, 3.63) is 58.9 Å². The molecule has 0 saturated carbocycles. The van der Waals surface area contributed by atoms with Crippen LogP contribution in [0.4, 0.5) is 5.69 Å². The van der Waals surface area contributed by atoms with Crippen LogP contribution in [0.15, 0.2) is 53.3 Å². The lowest BCUT2D eigenvalue weighted by Gasteiger charge is -2.09. The van der Waals surface area contributed by atoms with Crippen molar-refractivity contribution in [2.45, 2.75) is 19.3 Å². The molecule has 0 saturated heterocycles. The lowest BCUT2D eigenvalue weighted by molar-refractivity contribution is -0.116. The Labute approximate surface area is 162 Å². The summed E-state index contributed by atoms with van der Waals surface area (Å²) in [6.45, 7) is 1.48. The van der Waals surface area contributed by atoms with Crippen LogP contribution >= 0.6 is 0 Å². The van der Waals surface area contributed by atoms with E-state index in [0.29, 0.717) is 29.7 Å². The van der Waals surface area contributed by atoms with Crippen LogP contribution in [0, 0.1) is 0 Å². The molecule has 0 fully saturated rings. The van der Waals surface area contributed by atoms with Crippen molar-refractivity contribution in [1.29, 1.82) is 0 Å². The van der Waals surface area contributed by atoms with Gasteiger partial charge in [-0.05, 0) is 37.6 Å². The minimum atomic E-state index is -0.225. The summed E-state index contributed by atoms with van der Waals surface area (Å²) in [6.07, 6.45) is 2.09. The molecule has 3 rings (SSSR count). The summed E-state index contributed by atoms with van der Waals surface area (Å²) in [5.74, 6) is -0.0430. The summed E-state index contributed by atoms with van der Waals surface area (Å²) in [5, 5.41) is 22.8. The molecular formula is C21H24N4O3. The number of aromatic amines is 1. The molecule has 0 bridgehead atoms. The normalized spacial score (nSPS) is 10.9. The molecule has 28 heavy (non-hydrogen) atoms. The molecule has 0 aliphatic rings. The summed E-state index contributed by atoms with van der Waals surface area (Å²) in [7, 11) is 0. The molecule has 0 aliphatic carbocycles. The molecule has 0 unspecified atom stereocenters. The van der Waals surface area contributed by atoms with E-state index in [4.69, 9.17) is 5.11 Å². The molecule has 1 amide bonds. The number of hydrogen-bond acceptors (Lipinski definition) is 5. The van der Waals surface area contributed by atoms with Crippen LogP contribution in [-0.2, 0) is 4.79 Å². The van der Waals surface area contributed by atoms with Crippen LogP contribution < -0.4 is 16.2 Å². The third-order valence-corrected chi connectivity index (χ3v) is 4.41. The van der Waals surface area contributed by atoms with Crippen LogP contribution in [0.1, 0.15) is 19.3 Å². The number of carbonyl (C=O) groups excluding carboxylic acids is 1. The zero-order valence-corrected chi connectivity index (χ0v) is 15.6. The number of aromatic nitrogens is 2. The van der Waals surface area contributed by atoms with E-state index >= 15 is 0 Å². The monoisotopic (exact) mass is 380 g/mol. The van der Waals surface area contributed by atoms with Crippen molar-refractivity contribution in [2.75, 3.05) is 25.0 Å². The van der Waals surface area contributed by atoms with E-state index in [1.165, 1.54) is 0 Å². The zero-order valence-electron chi connectivity index (χ0n) is 15.6. The van der Waals surface area contributed by atoms with Gasteiger partial charge < -0.3 is 15.7 Å². The van der Waals surface area contributed by atoms with Gasteiger partial charge in [0.15, 0.2) is 0 Å². The van der Waals surface area contributed by atoms with Gasteiger partial charge in [-0.3, -0.25) is 9.59 Å². The van der Waals surface area contributed by atoms with E-state index in [2.05, 4.69) is 20.8 Å². The number of rotatable bonds is 9. The Morgan fingerprint density at radius 1 is 1.04 bits per heavy atom. The summed E-state index contributed by atoms with van der Waals surface area (Å²) in [4.78, 5) is 24.1. The van der Waals surface area contributed by atoms with Gasteiger partial charge >= 0.3 is 0 Å². The van der Waals surface area contributed by atoms with Crippen LogP contribution in [0.3, 0.4) is 0 Å². The highest BCUT2D eigenvalue weighted by Crippen LogP contribution is 2.26. The highest BCUT2D eigenvalue weighted by Gasteiger charge is 2.09. The second-order valence-electron chi connectivity index (χ2n) is 6.51. The van der Waals surface area contributed by atoms with E-state index in [9.17, 15) is 9.59 Å². The Kier molecular flexibility index (Phi) is 6.89. The number of nitrogens with one attached hydrogen (secondary N) is 3. The quantitative estimate of drug-likeness (QED) is 0.426. The summed E-state index contributed by atoms with van der Waals surface area (Å²) >= 11 is 0.